The van der Waals surface area contributed by atoms with Crippen molar-refractivity contribution in [1.82, 2.24) is 0 Å². The molecule has 1 aliphatic rings. The van der Waals surface area contributed by atoms with E-state index in [4.69, 9.17) is 10.5 Å². The fourth-order valence-corrected chi connectivity index (χ4v) is 2.02. The molecule has 0 spiro atoms. The Balaban J connectivity index is 2.19. The molecule has 0 amide bonds. The van der Waals surface area contributed by atoms with Crippen molar-refractivity contribution in [3.05, 3.63) is 29.8 Å². The lowest BCUT2D eigenvalue weighted by atomic mass is 10.0. The summed E-state index contributed by atoms with van der Waals surface area (Å²) in [5.74, 6) is 1.45. The van der Waals surface area contributed by atoms with E-state index in [0.717, 1.165) is 18.6 Å². The van der Waals surface area contributed by atoms with Crippen molar-refractivity contribution in [3.63, 3.8) is 0 Å². The summed E-state index contributed by atoms with van der Waals surface area (Å²) in [5, 5.41) is 0. The zero-order valence-corrected chi connectivity index (χ0v) is 8.79. The van der Waals surface area contributed by atoms with Crippen LogP contribution < -0.4 is 10.5 Å². The molecule has 2 nitrogen and oxygen atoms in total. The van der Waals surface area contributed by atoms with Gasteiger partial charge in [-0.3, -0.25) is 0 Å². The zero-order valence-electron chi connectivity index (χ0n) is 8.79. The highest BCUT2D eigenvalue weighted by molar-refractivity contribution is 5.37. The minimum Gasteiger partial charge on any atom is -0.497 e. The van der Waals surface area contributed by atoms with E-state index in [1.807, 2.05) is 12.1 Å². The van der Waals surface area contributed by atoms with Crippen LogP contribution in [0.4, 0.5) is 0 Å². The first kappa shape index (κ1) is 9.53. The third-order valence-electron chi connectivity index (χ3n) is 3.27. The van der Waals surface area contributed by atoms with Gasteiger partial charge < -0.3 is 10.5 Å². The third-order valence-corrected chi connectivity index (χ3v) is 3.27. The van der Waals surface area contributed by atoms with Gasteiger partial charge in [-0.1, -0.05) is 19.1 Å². The summed E-state index contributed by atoms with van der Waals surface area (Å²) in [6, 6.07) is 8.23. The van der Waals surface area contributed by atoms with Crippen LogP contribution in [0.1, 0.15) is 31.2 Å². The highest BCUT2D eigenvalue weighted by Crippen LogP contribution is 2.51. The first-order chi connectivity index (χ1) is 6.69. The Morgan fingerprint density at radius 3 is 2.93 bits per heavy atom. The molecule has 1 saturated carbocycles. The fraction of sp³-hybridized carbons (Fsp3) is 0.500. The summed E-state index contributed by atoms with van der Waals surface area (Å²) >= 11 is 0. The Morgan fingerprint density at radius 1 is 1.57 bits per heavy atom. The summed E-state index contributed by atoms with van der Waals surface area (Å²) in [6.07, 6.45) is 2.16. The van der Waals surface area contributed by atoms with Gasteiger partial charge in [0.05, 0.1) is 7.11 Å². The minimum atomic E-state index is 0.0480. The first-order valence-corrected chi connectivity index (χ1v) is 5.12. The summed E-state index contributed by atoms with van der Waals surface area (Å²) in [4.78, 5) is 0. The molecule has 1 aromatic rings. The summed E-state index contributed by atoms with van der Waals surface area (Å²) < 4.78 is 5.19. The van der Waals surface area contributed by atoms with Crippen LogP contribution in [0.15, 0.2) is 24.3 Å². The molecule has 2 rings (SSSR count). The van der Waals surface area contributed by atoms with Crippen molar-refractivity contribution in [2.24, 2.45) is 5.73 Å². The van der Waals surface area contributed by atoms with Crippen LogP contribution in [-0.4, -0.2) is 12.6 Å². The second-order valence-electron chi connectivity index (χ2n) is 4.12. The highest BCUT2D eigenvalue weighted by atomic mass is 16.5. The van der Waals surface area contributed by atoms with Crippen LogP contribution in [0.5, 0.6) is 5.75 Å². The molecule has 14 heavy (non-hydrogen) atoms. The van der Waals surface area contributed by atoms with E-state index in [2.05, 4.69) is 19.1 Å². The van der Waals surface area contributed by atoms with Gasteiger partial charge in [0.15, 0.2) is 0 Å². The Morgan fingerprint density at radius 2 is 2.36 bits per heavy atom. The lowest BCUT2D eigenvalue weighted by molar-refractivity contribution is 0.414. The summed E-state index contributed by atoms with van der Waals surface area (Å²) in [6.45, 7) is 2.15. The standard InChI is InChI=1S/C12H17NO/c1-3-12(13)8-11(12)9-5-4-6-10(7-9)14-2/h4-7,11H,3,8,13H2,1-2H3/t11-,12+/m1/s1. The van der Waals surface area contributed by atoms with Crippen molar-refractivity contribution in [2.45, 2.75) is 31.2 Å². The van der Waals surface area contributed by atoms with E-state index in [9.17, 15) is 0 Å². The number of methoxy groups -OCH3 is 1. The maximum Gasteiger partial charge on any atom is 0.119 e. The largest absolute Gasteiger partial charge is 0.497 e. The molecule has 0 bridgehead atoms. The van der Waals surface area contributed by atoms with Gasteiger partial charge in [0.2, 0.25) is 0 Å². The third kappa shape index (κ3) is 1.50. The molecule has 2 N–H and O–H groups in total. The fourth-order valence-electron chi connectivity index (χ4n) is 2.02. The minimum absolute atomic E-state index is 0.0480. The van der Waals surface area contributed by atoms with Gasteiger partial charge in [0, 0.05) is 11.5 Å². The van der Waals surface area contributed by atoms with E-state index in [-0.39, 0.29) is 5.54 Å². The summed E-state index contributed by atoms with van der Waals surface area (Å²) in [7, 11) is 1.70. The second-order valence-corrected chi connectivity index (χ2v) is 4.12. The predicted octanol–water partition coefficient (Wildman–Crippen LogP) is 2.29. The molecule has 1 fully saturated rings. The van der Waals surface area contributed by atoms with E-state index in [1.165, 1.54) is 5.56 Å². The Kier molecular flexibility index (Phi) is 2.23. The Hall–Kier alpha value is -1.02. The molecule has 2 heteroatoms. The van der Waals surface area contributed by atoms with Crippen LogP contribution in [0, 0.1) is 0 Å². The number of hydrogen-bond acceptors (Lipinski definition) is 2. The predicted molar refractivity (Wildman–Crippen MR) is 57.6 cm³/mol. The molecule has 0 saturated heterocycles. The van der Waals surface area contributed by atoms with Crippen molar-refractivity contribution >= 4 is 0 Å². The van der Waals surface area contributed by atoms with E-state index in [0.29, 0.717) is 5.92 Å². The van der Waals surface area contributed by atoms with Crippen LogP contribution in [0.3, 0.4) is 0 Å². The zero-order chi connectivity index (χ0) is 10.2. The van der Waals surface area contributed by atoms with Crippen LogP contribution >= 0.6 is 0 Å². The van der Waals surface area contributed by atoms with Crippen molar-refractivity contribution in [1.29, 1.82) is 0 Å². The average molecular weight is 191 g/mol. The van der Waals surface area contributed by atoms with Gasteiger partial charge in [-0.2, -0.15) is 0 Å². The molecule has 0 radical (unpaired) electrons. The Bertz CT molecular complexity index is 337. The second kappa shape index (κ2) is 3.28. The molecule has 1 aromatic carbocycles. The molecule has 2 atom stereocenters. The number of hydrogen-bond donors (Lipinski definition) is 1. The maximum absolute atomic E-state index is 6.17. The average Bonchev–Trinajstić information content (AvgIpc) is 2.92. The van der Waals surface area contributed by atoms with Gasteiger partial charge in [-0.25, -0.2) is 0 Å². The van der Waals surface area contributed by atoms with Gasteiger partial charge in [0.1, 0.15) is 5.75 Å². The van der Waals surface area contributed by atoms with Gasteiger partial charge in [-0.15, -0.1) is 0 Å². The van der Waals surface area contributed by atoms with E-state index >= 15 is 0 Å². The molecular formula is C12H17NO. The van der Waals surface area contributed by atoms with E-state index in [1.54, 1.807) is 7.11 Å². The van der Waals surface area contributed by atoms with E-state index < -0.39 is 0 Å². The molecule has 1 aliphatic carbocycles. The monoisotopic (exact) mass is 191 g/mol. The van der Waals surface area contributed by atoms with Crippen molar-refractivity contribution < 1.29 is 4.74 Å². The summed E-state index contributed by atoms with van der Waals surface area (Å²) in [5.41, 5.74) is 7.53. The molecule has 0 aliphatic heterocycles. The normalized spacial score (nSPS) is 30.1. The quantitative estimate of drug-likeness (QED) is 0.795. The number of rotatable bonds is 3. The molecule has 0 unspecified atom stereocenters. The van der Waals surface area contributed by atoms with Gasteiger partial charge in [0.25, 0.3) is 0 Å². The highest BCUT2D eigenvalue weighted by Gasteiger charge is 2.49. The first-order valence-electron chi connectivity index (χ1n) is 5.12. The number of ether oxygens (including phenoxy) is 1. The molecular weight excluding hydrogens is 174 g/mol. The molecule has 76 valence electrons. The van der Waals surface area contributed by atoms with Crippen LogP contribution in [0.2, 0.25) is 0 Å². The molecule has 0 aromatic heterocycles. The smallest absolute Gasteiger partial charge is 0.119 e. The topological polar surface area (TPSA) is 35.2 Å². The van der Waals surface area contributed by atoms with Crippen LogP contribution in [-0.2, 0) is 0 Å². The lowest BCUT2D eigenvalue weighted by Gasteiger charge is -2.08. The van der Waals surface area contributed by atoms with Gasteiger partial charge in [-0.05, 0) is 30.5 Å². The van der Waals surface area contributed by atoms with Crippen molar-refractivity contribution in [3.8, 4) is 5.75 Å². The Labute approximate surface area is 85.1 Å². The maximum atomic E-state index is 6.17. The number of nitrogens with two attached hydrogens (primary N) is 1. The van der Waals surface area contributed by atoms with Gasteiger partial charge >= 0.3 is 0 Å². The number of benzene rings is 1. The van der Waals surface area contributed by atoms with Crippen LogP contribution in [0.25, 0.3) is 0 Å². The molecule has 0 heterocycles. The SMILES string of the molecule is CC[C@]1(N)C[C@@H]1c1cccc(OC)c1. The lowest BCUT2D eigenvalue weighted by Crippen LogP contribution is -2.22. The van der Waals surface area contributed by atoms with Crippen molar-refractivity contribution in [2.75, 3.05) is 7.11 Å².